The molecular weight excluding hydrogens is 342 g/mol. The molecule has 1 saturated heterocycles. The van der Waals surface area contributed by atoms with E-state index in [4.69, 9.17) is 19.9 Å². The van der Waals surface area contributed by atoms with E-state index in [0.717, 1.165) is 19.3 Å². The summed E-state index contributed by atoms with van der Waals surface area (Å²) in [6, 6.07) is -0.832. The highest BCUT2D eigenvalue weighted by Gasteiger charge is 2.56. The Morgan fingerprint density at radius 2 is 2.12 bits per heavy atom. The third-order valence-corrected chi connectivity index (χ3v) is 4.02. The fraction of sp³-hybridized carbons (Fsp3) is 0.765. The van der Waals surface area contributed by atoms with Crippen LogP contribution >= 0.6 is 0 Å². The van der Waals surface area contributed by atoms with Crippen molar-refractivity contribution >= 4 is 23.7 Å². The Kier molecular flexibility index (Phi) is 9.04. The minimum atomic E-state index is -1.49. The van der Waals surface area contributed by atoms with Gasteiger partial charge in [0.2, 0.25) is 0 Å². The molecule has 1 heterocycles. The number of cyclic esters (lactones) is 1. The number of primary amides is 1. The lowest BCUT2D eigenvalue weighted by molar-refractivity contribution is -0.164. The predicted molar refractivity (Wildman–Crippen MR) is 94.4 cm³/mol. The van der Waals surface area contributed by atoms with Crippen LogP contribution in [0.25, 0.3) is 0 Å². The van der Waals surface area contributed by atoms with Crippen molar-refractivity contribution in [3.8, 4) is 0 Å². The fourth-order valence-electron chi connectivity index (χ4n) is 2.82. The summed E-state index contributed by atoms with van der Waals surface area (Å²) >= 11 is 0. The van der Waals surface area contributed by atoms with Crippen molar-refractivity contribution in [3.63, 3.8) is 0 Å². The maximum Gasteiger partial charge on any atom is 0.332 e. The van der Waals surface area contributed by atoms with Gasteiger partial charge < -0.3 is 19.9 Å². The number of ether oxygens (including phenoxy) is 3. The van der Waals surface area contributed by atoms with Crippen molar-refractivity contribution in [2.75, 3.05) is 19.8 Å². The van der Waals surface area contributed by atoms with Crippen molar-refractivity contribution < 1.29 is 28.6 Å². The first-order valence-corrected chi connectivity index (χ1v) is 8.90. The number of unbranched alkanes of at least 4 members (excludes halogenated alkanes) is 2. The average molecular weight is 371 g/mol. The van der Waals surface area contributed by atoms with E-state index in [2.05, 4.69) is 17.5 Å². The molecule has 2 amide bonds. The highest BCUT2D eigenvalue weighted by Crippen LogP contribution is 2.39. The number of amides is 2. The second-order valence-electron chi connectivity index (χ2n) is 6.32. The smallest absolute Gasteiger partial charge is 0.332 e. The molecule has 3 N–H and O–H groups in total. The zero-order valence-electron chi connectivity index (χ0n) is 15.7. The van der Waals surface area contributed by atoms with E-state index in [1.807, 2.05) is 0 Å². The van der Waals surface area contributed by atoms with E-state index in [0.29, 0.717) is 12.3 Å². The van der Waals surface area contributed by atoms with Crippen LogP contribution in [0.15, 0.2) is 5.10 Å². The quantitative estimate of drug-likeness (QED) is 0.186. The summed E-state index contributed by atoms with van der Waals surface area (Å²) in [7, 11) is 0. The van der Waals surface area contributed by atoms with Gasteiger partial charge in [0.1, 0.15) is 6.10 Å². The monoisotopic (exact) mass is 371 g/mol. The number of carbonyl (C=O) groups excluding carboxylic acids is 3. The van der Waals surface area contributed by atoms with Crippen LogP contribution in [0.2, 0.25) is 0 Å². The number of hydrazone groups is 1. The number of hydrogen-bond acceptors (Lipinski definition) is 7. The van der Waals surface area contributed by atoms with Crippen LogP contribution in [0.5, 0.6) is 0 Å². The van der Waals surface area contributed by atoms with E-state index in [1.54, 1.807) is 13.8 Å². The van der Waals surface area contributed by atoms with Crippen molar-refractivity contribution in [1.29, 1.82) is 0 Å². The number of hydrogen-bond donors (Lipinski definition) is 2. The van der Waals surface area contributed by atoms with Gasteiger partial charge in [-0.05, 0) is 20.3 Å². The van der Waals surface area contributed by atoms with Gasteiger partial charge in [0.25, 0.3) is 0 Å². The number of nitrogens with zero attached hydrogens (tertiary/aromatic N) is 1. The molecule has 0 unspecified atom stereocenters. The summed E-state index contributed by atoms with van der Waals surface area (Å²) in [6.45, 7) is 6.30. The Bertz CT molecular complexity index is 537. The van der Waals surface area contributed by atoms with Crippen LogP contribution in [-0.2, 0) is 23.8 Å². The van der Waals surface area contributed by atoms with Gasteiger partial charge in [-0.25, -0.2) is 10.2 Å². The molecule has 0 saturated carbocycles. The van der Waals surface area contributed by atoms with Gasteiger partial charge in [-0.2, -0.15) is 5.10 Å². The van der Waals surface area contributed by atoms with Gasteiger partial charge in [0.05, 0.1) is 13.2 Å². The summed E-state index contributed by atoms with van der Waals surface area (Å²) in [5, 5.41) is 3.78. The first kappa shape index (κ1) is 21.9. The molecule has 26 heavy (non-hydrogen) atoms. The van der Waals surface area contributed by atoms with Crippen LogP contribution < -0.4 is 11.2 Å². The Hall–Kier alpha value is -2.16. The zero-order chi connectivity index (χ0) is 19.6. The van der Waals surface area contributed by atoms with Crippen LogP contribution in [0, 0.1) is 5.41 Å². The molecule has 1 fully saturated rings. The van der Waals surface area contributed by atoms with Crippen LogP contribution in [0.4, 0.5) is 4.79 Å². The van der Waals surface area contributed by atoms with Gasteiger partial charge in [-0.15, -0.1) is 0 Å². The van der Waals surface area contributed by atoms with E-state index < -0.39 is 29.5 Å². The minimum Gasteiger partial charge on any atom is -0.465 e. The van der Waals surface area contributed by atoms with Gasteiger partial charge in [-0.3, -0.25) is 9.59 Å². The molecule has 1 aliphatic rings. The second kappa shape index (κ2) is 10.7. The van der Waals surface area contributed by atoms with Crippen LogP contribution in [-0.4, -0.2) is 49.6 Å². The Morgan fingerprint density at radius 1 is 1.38 bits per heavy atom. The molecule has 0 aromatic heterocycles. The van der Waals surface area contributed by atoms with Gasteiger partial charge in [0.15, 0.2) is 5.41 Å². The molecule has 1 aliphatic heterocycles. The molecular formula is C17H29N3O6. The average Bonchev–Trinajstić information content (AvgIpc) is 2.89. The molecule has 148 valence electrons. The van der Waals surface area contributed by atoms with E-state index in [9.17, 15) is 14.4 Å². The summed E-state index contributed by atoms with van der Waals surface area (Å²) in [5.41, 5.74) is 5.93. The Morgan fingerprint density at radius 3 is 2.73 bits per heavy atom. The molecule has 1 rings (SSSR count). The molecule has 0 bridgehead atoms. The van der Waals surface area contributed by atoms with Gasteiger partial charge in [-0.1, -0.05) is 19.8 Å². The third kappa shape index (κ3) is 6.29. The lowest BCUT2D eigenvalue weighted by atomic mass is 9.80. The van der Waals surface area contributed by atoms with Crippen LogP contribution in [0.1, 0.15) is 52.9 Å². The highest BCUT2D eigenvalue weighted by atomic mass is 16.6. The van der Waals surface area contributed by atoms with E-state index >= 15 is 0 Å². The van der Waals surface area contributed by atoms with Gasteiger partial charge >= 0.3 is 18.0 Å². The zero-order valence-corrected chi connectivity index (χ0v) is 15.7. The van der Waals surface area contributed by atoms with Crippen molar-refractivity contribution in [1.82, 2.24) is 5.43 Å². The molecule has 0 spiro atoms. The molecule has 0 aliphatic carbocycles. The van der Waals surface area contributed by atoms with Crippen molar-refractivity contribution in [3.05, 3.63) is 0 Å². The lowest BCUT2D eigenvalue weighted by Gasteiger charge is -2.22. The third-order valence-electron chi connectivity index (χ3n) is 4.02. The molecule has 0 aromatic carbocycles. The van der Waals surface area contributed by atoms with Crippen molar-refractivity contribution in [2.45, 2.75) is 59.0 Å². The largest absolute Gasteiger partial charge is 0.465 e. The number of esters is 2. The standard InChI is InChI=1S/C17H29N3O6/c1-4-6-7-8-24-11-13-10-17(15(22)26-13,14(21)25-5-2)9-12(3)19-20-16(18)23/h13H,4-11H2,1-3H3,(H3,18,20,23)/b19-12-/t13-,17-/m1/s1. The Labute approximate surface area is 153 Å². The predicted octanol–water partition coefficient (Wildman–Crippen LogP) is 1.49. The first-order valence-electron chi connectivity index (χ1n) is 8.90. The van der Waals surface area contributed by atoms with Gasteiger partial charge in [0, 0.05) is 25.2 Å². The molecule has 9 nitrogen and oxygen atoms in total. The fourth-order valence-corrected chi connectivity index (χ4v) is 2.82. The van der Waals surface area contributed by atoms with Crippen molar-refractivity contribution in [2.24, 2.45) is 16.3 Å². The van der Waals surface area contributed by atoms with Crippen LogP contribution in [0.3, 0.4) is 0 Å². The molecule has 0 radical (unpaired) electrons. The lowest BCUT2D eigenvalue weighted by Crippen LogP contribution is -2.39. The summed E-state index contributed by atoms with van der Waals surface area (Å²) in [4.78, 5) is 35.7. The molecule has 9 heteroatoms. The summed E-state index contributed by atoms with van der Waals surface area (Å²) in [5.74, 6) is -1.32. The first-order chi connectivity index (χ1) is 12.4. The number of nitrogens with one attached hydrogen (secondary N) is 1. The normalized spacial score (nSPS) is 22.8. The summed E-state index contributed by atoms with van der Waals surface area (Å²) < 4.78 is 16.0. The second-order valence-corrected chi connectivity index (χ2v) is 6.32. The number of nitrogens with two attached hydrogens (primary N) is 1. The minimum absolute atomic E-state index is 0.0305. The highest BCUT2D eigenvalue weighted by molar-refractivity contribution is 6.05. The maximum atomic E-state index is 12.5. The molecule has 0 aromatic rings. The van der Waals surface area contributed by atoms with E-state index in [1.165, 1.54) is 0 Å². The molecule has 2 atom stereocenters. The topological polar surface area (TPSA) is 129 Å². The number of urea groups is 1. The Balaban J connectivity index is 2.79. The SMILES string of the molecule is CCCCCOC[C@H]1C[C@](C/C(C)=N\NC(N)=O)(C(=O)OCC)C(=O)O1. The number of carbonyl (C=O) groups is 3. The van der Waals surface area contributed by atoms with E-state index in [-0.39, 0.29) is 26.1 Å². The number of rotatable bonds is 11. The maximum absolute atomic E-state index is 12.5. The summed E-state index contributed by atoms with van der Waals surface area (Å²) in [6.07, 6.45) is 2.68.